The zero-order valence-electron chi connectivity index (χ0n) is 8.55. The first-order chi connectivity index (χ1) is 6.66. The van der Waals surface area contributed by atoms with E-state index in [1.165, 1.54) is 0 Å². The minimum atomic E-state index is -2.11. The summed E-state index contributed by atoms with van der Waals surface area (Å²) in [7, 11) is 0. The Kier molecular flexibility index (Phi) is 3.02. The van der Waals surface area contributed by atoms with Gasteiger partial charge in [0.1, 0.15) is 0 Å². The highest BCUT2D eigenvalue weighted by Crippen LogP contribution is 2.36. The van der Waals surface area contributed by atoms with Crippen molar-refractivity contribution in [3.8, 4) is 0 Å². The van der Waals surface area contributed by atoms with Gasteiger partial charge in [-0.15, -0.1) is 0 Å². The zero-order valence-corrected chi connectivity index (χ0v) is 8.55. The first-order valence-electron chi connectivity index (χ1n) is 5.42. The fourth-order valence-corrected chi connectivity index (χ4v) is 2.43. The smallest absolute Gasteiger partial charge is 0.241 e. The molecule has 2 aliphatic rings. The average molecular weight is 204 g/mol. The molecule has 0 radical (unpaired) electrons. The fraction of sp³-hybridized carbons (Fsp3) is 1.00. The highest BCUT2D eigenvalue weighted by Gasteiger charge is 2.39. The average Bonchev–Trinajstić information content (AvgIpc) is 2.00. The minimum Gasteiger partial charge on any atom is -0.312 e. The molecule has 1 saturated heterocycles. The molecule has 0 bridgehead atoms. The van der Waals surface area contributed by atoms with Crippen molar-refractivity contribution in [1.29, 1.82) is 0 Å². The van der Waals surface area contributed by atoms with E-state index in [9.17, 15) is 8.78 Å². The van der Waals surface area contributed by atoms with Gasteiger partial charge in [-0.25, -0.2) is 8.78 Å². The van der Waals surface area contributed by atoms with E-state index in [4.69, 9.17) is 0 Å². The lowest BCUT2D eigenvalue weighted by Crippen LogP contribution is -2.56. The topological polar surface area (TPSA) is 15.3 Å². The van der Waals surface area contributed by atoms with Crippen LogP contribution in [-0.4, -0.2) is 43.0 Å². The van der Waals surface area contributed by atoms with Crippen molar-refractivity contribution >= 4 is 0 Å². The van der Waals surface area contributed by atoms with Crippen LogP contribution in [0.2, 0.25) is 0 Å². The van der Waals surface area contributed by atoms with Crippen LogP contribution in [-0.2, 0) is 0 Å². The molecule has 1 heterocycles. The molecule has 0 aromatic rings. The van der Waals surface area contributed by atoms with Crippen molar-refractivity contribution in [3.05, 3.63) is 0 Å². The summed E-state index contributed by atoms with van der Waals surface area (Å²) in [6, 6.07) is 0.938. The summed E-state index contributed by atoms with van der Waals surface area (Å²) in [5, 5.41) is 3.36. The summed E-state index contributed by atoms with van der Waals surface area (Å²) >= 11 is 0. The van der Waals surface area contributed by atoms with Gasteiger partial charge >= 0.3 is 0 Å². The van der Waals surface area contributed by atoms with Crippen molar-refractivity contribution in [2.45, 2.75) is 38.3 Å². The molecule has 4 heteroatoms. The van der Waals surface area contributed by atoms with Crippen LogP contribution in [0.1, 0.15) is 19.8 Å². The van der Waals surface area contributed by atoms with Crippen molar-refractivity contribution in [1.82, 2.24) is 10.2 Å². The monoisotopic (exact) mass is 204 g/mol. The molecule has 1 aliphatic heterocycles. The molecule has 1 aliphatic carbocycles. The van der Waals surface area contributed by atoms with Crippen LogP contribution >= 0.6 is 0 Å². The Morgan fingerprint density at radius 3 is 2.64 bits per heavy atom. The molecule has 0 spiro atoms. The third-order valence-corrected chi connectivity index (χ3v) is 3.42. The van der Waals surface area contributed by atoms with Crippen LogP contribution in [0.25, 0.3) is 0 Å². The SMILES string of the molecule is CC1CN(C2CC(C(F)F)C2)CCN1. The number of hydrogen-bond acceptors (Lipinski definition) is 2. The van der Waals surface area contributed by atoms with Crippen LogP contribution in [0.3, 0.4) is 0 Å². The third kappa shape index (κ3) is 2.06. The second kappa shape index (κ2) is 4.11. The summed E-state index contributed by atoms with van der Waals surface area (Å²) < 4.78 is 24.5. The fourth-order valence-electron chi connectivity index (χ4n) is 2.43. The van der Waals surface area contributed by atoms with Crippen LogP contribution in [0.4, 0.5) is 8.78 Å². The van der Waals surface area contributed by atoms with Gasteiger partial charge in [-0.1, -0.05) is 0 Å². The van der Waals surface area contributed by atoms with Crippen molar-refractivity contribution in [2.24, 2.45) is 5.92 Å². The van der Waals surface area contributed by atoms with E-state index >= 15 is 0 Å². The normalized spacial score (nSPS) is 39.9. The van der Waals surface area contributed by atoms with Crippen molar-refractivity contribution < 1.29 is 8.78 Å². The second-order valence-corrected chi connectivity index (χ2v) is 4.57. The van der Waals surface area contributed by atoms with Crippen LogP contribution in [0.15, 0.2) is 0 Å². The lowest BCUT2D eigenvalue weighted by atomic mass is 9.79. The molecule has 82 valence electrons. The molecule has 1 atom stereocenters. The van der Waals surface area contributed by atoms with Gasteiger partial charge in [0.15, 0.2) is 0 Å². The molecular weight excluding hydrogens is 186 g/mol. The van der Waals surface area contributed by atoms with Crippen LogP contribution in [0.5, 0.6) is 0 Å². The van der Waals surface area contributed by atoms with Gasteiger partial charge in [0.25, 0.3) is 0 Å². The molecule has 1 N–H and O–H groups in total. The predicted octanol–water partition coefficient (Wildman–Crippen LogP) is 1.32. The summed E-state index contributed by atoms with van der Waals surface area (Å²) in [5.74, 6) is -0.329. The van der Waals surface area contributed by atoms with E-state index in [1.54, 1.807) is 0 Å². The van der Waals surface area contributed by atoms with E-state index in [0.29, 0.717) is 24.9 Å². The quantitative estimate of drug-likeness (QED) is 0.730. The maximum atomic E-state index is 12.3. The Balaban J connectivity index is 1.76. The number of nitrogens with one attached hydrogen (secondary N) is 1. The molecule has 1 unspecified atom stereocenters. The van der Waals surface area contributed by atoms with Crippen LogP contribution in [0, 0.1) is 5.92 Å². The number of piperazine rings is 1. The van der Waals surface area contributed by atoms with Gasteiger partial charge in [0.2, 0.25) is 6.43 Å². The number of nitrogens with zero attached hydrogens (tertiary/aromatic N) is 1. The summed E-state index contributed by atoms with van der Waals surface area (Å²) in [5.41, 5.74) is 0. The Hall–Kier alpha value is -0.220. The minimum absolute atomic E-state index is 0.329. The number of rotatable bonds is 2. The van der Waals surface area contributed by atoms with E-state index < -0.39 is 6.43 Å². The third-order valence-electron chi connectivity index (χ3n) is 3.42. The molecule has 0 aromatic carbocycles. The lowest BCUT2D eigenvalue weighted by Gasteiger charge is -2.45. The predicted molar refractivity (Wildman–Crippen MR) is 51.6 cm³/mol. The van der Waals surface area contributed by atoms with Crippen LogP contribution < -0.4 is 5.32 Å². The van der Waals surface area contributed by atoms with E-state index in [1.807, 2.05) is 0 Å². The summed E-state index contributed by atoms with van der Waals surface area (Å²) in [6.07, 6.45) is -0.707. The van der Waals surface area contributed by atoms with Gasteiger partial charge in [0.05, 0.1) is 0 Å². The second-order valence-electron chi connectivity index (χ2n) is 4.57. The Morgan fingerprint density at radius 1 is 1.36 bits per heavy atom. The molecule has 1 saturated carbocycles. The first-order valence-corrected chi connectivity index (χ1v) is 5.42. The van der Waals surface area contributed by atoms with Crippen molar-refractivity contribution in [3.63, 3.8) is 0 Å². The van der Waals surface area contributed by atoms with Gasteiger partial charge in [-0.05, 0) is 19.8 Å². The molecular formula is C10H18F2N2. The standard InChI is InChI=1S/C10H18F2N2/c1-7-6-14(3-2-13-7)9-4-8(5-9)10(11)12/h7-10,13H,2-6H2,1H3. The van der Waals surface area contributed by atoms with E-state index in [0.717, 1.165) is 19.6 Å². The molecule has 2 nitrogen and oxygen atoms in total. The number of hydrogen-bond donors (Lipinski definition) is 1. The Morgan fingerprint density at radius 2 is 2.07 bits per heavy atom. The van der Waals surface area contributed by atoms with Gasteiger partial charge in [0, 0.05) is 37.6 Å². The summed E-state index contributed by atoms with van der Waals surface area (Å²) in [6.45, 7) is 5.18. The van der Waals surface area contributed by atoms with Crippen molar-refractivity contribution in [2.75, 3.05) is 19.6 Å². The zero-order chi connectivity index (χ0) is 10.1. The Bertz CT molecular complexity index is 193. The maximum absolute atomic E-state index is 12.3. The molecule has 0 aromatic heterocycles. The molecule has 0 amide bonds. The van der Waals surface area contributed by atoms with E-state index in [-0.39, 0.29) is 5.92 Å². The lowest BCUT2D eigenvalue weighted by molar-refractivity contribution is -0.0289. The van der Waals surface area contributed by atoms with Gasteiger partial charge in [-0.3, -0.25) is 4.90 Å². The number of halogens is 2. The highest BCUT2D eigenvalue weighted by atomic mass is 19.3. The largest absolute Gasteiger partial charge is 0.312 e. The highest BCUT2D eigenvalue weighted by molar-refractivity contribution is 4.91. The molecule has 2 rings (SSSR count). The van der Waals surface area contributed by atoms with E-state index in [2.05, 4.69) is 17.1 Å². The van der Waals surface area contributed by atoms with Gasteiger partial charge < -0.3 is 5.32 Å². The molecule has 2 fully saturated rings. The Labute approximate surface area is 83.7 Å². The van der Waals surface area contributed by atoms with Gasteiger partial charge in [-0.2, -0.15) is 0 Å². The summed E-state index contributed by atoms with van der Waals surface area (Å²) in [4.78, 5) is 2.36. The molecule has 14 heavy (non-hydrogen) atoms. The number of alkyl halides is 2. The first kappa shape index (κ1) is 10.3. The maximum Gasteiger partial charge on any atom is 0.241 e.